The van der Waals surface area contributed by atoms with E-state index in [1.165, 1.54) is 35.4 Å². The topological polar surface area (TPSA) is 12.0 Å². The van der Waals surface area contributed by atoms with Gasteiger partial charge < -0.3 is 5.32 Å². The maximum absolute atomic E-state index is 4.20. The molecule has 2 unspecified atom stereocenters. The third kappa shape index (κ3) is 2.38. The van der Waals surface area contributed by atoms with Gasteiger partial charge in [-0.25, -0.2) is 0 Å². The number of allylic oxidation sites excluding steroid dienone is 1. The van der Waals surface area contributed by atoms with E-state index >= 15 is 0 Å². The molecule has 0 heterocycles. The Morgan fingerprint density at radius 3 is 2.65 bits per heavy atom. The van der Waals surface area contributed by atoms with Crippen LogP contribution in [0.1, 0.15) is 37.8 Å². The molecule has 0 amide bonds. The van der Waals surface area contributed by atoms with E-state index in [9.17, 15) is 0 Å². The molecule has 1 N–H and O–H groups in total. The molecular formula is C16H23N. The lowest BCUT2D eigenvalue weighted by molar-refractivity contribution is 0.511. The van der Waals surface area contributed by atoms with Gasteiger partial charge >= 0.3 is 0 Å². The third-order valence-corrected chi connectivity index (χ3v) is 4.39. The molecule has 92 valence electrons. The van der Waals surface area contributed by atoms with Crippen LogP contribution < -0.4 is 5.32 Å². The Labute approximate surface area is 105 Å². The molecule has 17 heavy (non-hydrogen) atoms. The van der Waals surface area contributed by atoms with Crippen molar-refractivity contribution in [2.45, 2.75) is 40.5 Å². The summed E-state index contributed by atoms with van der Waals surface area (Å²) in [5, 5.41) is 3.47. The highest BCUT2D eigenvalue weighted by atomic mass is 14.9. The van der Waals surface area contributed by atoms with Crippen molar-refractivity contribution in [2.75, 3.05) is 5.32 Å². The van der Waals surface area contributed by atoms with Crippen LogP contribution in [-0.2, 0) is 0 Å². The predicted octanol–water partition coefficient (Wildman–Crippen LogP) is 4.67. The van der Waals surface area contributed by atoms with Gasteiger partial charge in [0, 0.05) is 17.3 Å². The van der Waals surface area contributed by atoms with Gasteiger partial charge in [-0.2, -0.15) is 0 Å². The van der Waals surface area contributed by atoms with Gasteiger partial charge in [0.05, 0.1) is 0 Å². The van der Waals surface area contributed by atoms with Gasteiger partial charge in [-0.3, -0.25) is 0 Å². The minimum atomic E-state index is 0.490. The number of hydrogen-bond acceptors (Lipinski definition) is 1. The van der Waals surface area contributed by atoms with E-state index in [1.54, 1.807) is 0 Å². The molecule has 1 aromatic carbocycles. The Hall–Kier alpha value is -1.24. The normalized spacial score (nSPS) is 26.7. The first kappa shape index (κ1) is 12.2. The molecule has 1 heteroatoms. The van der Waals surface area contributed by atoms with E-state index in [-0.39, 0.29) is 0 Å². The lowest BCUT2D eigenvalue weighted by Gasteiger charge is -2.13. The second kappa shape index (κ2) is 4.21. The van der Waals surface area contributed by atoms with Crippen molar-refractivity contribution in [3.8, 4) is 0 Å². The number of benzene rings is 1. The van der Waals surface area contributed by atoms with Gasteiger partial charge in [-0.1, -0.05) is 32.9 Å². The molecule has 0 bridgehead atoms. The van der Waals surface area contributed by atoms with Crippen molar-refractivity contribution in [2.24, 2.45) is 11.3 Å². The number of hydrogen-bond donors (Lipinski definition) is 1. The zero-order chi connectivity index (χ0) is 12.6. The molecule has 1 saturated carbocycles. The fourth-order valence-corrected chi connectivity index (χ4v) is 2.43. The second-order valence-electron chi connectivity index (χ2n) is 5.71. The molecule has 1 nitrogen and oxygen atoms in total. The Morgan fingerprint density at radius 2 is 2.12 bits per heavy atom. The zero-order valence-corrected chi connectivity index (χ0v) is 11.4. The van der Waals surface area contributed by atoms with Crippen LogP contribution >= 0.6 is 0 Å². The maximum Gasteiger partial charge on any atom is 0.0384 e. The summed E-state index contributed by atoms with van der Waals surface area (Å²) in [6.45, 7) is 13.1. The Kier molecular flexibility index (Phi) is 3.03. The molecule has 0 aromatic heterocycles. The molecule has 2 atom stereocenters. The minimum absolute atomic E-state index is 0.490. The van der Waals surface area contributed by atoms with Crippen LogP contribution in [0.25, 0.3) is 0 Å². The van der Waals surface area contributed by atoms with Crippen LogP contribution in [0.4, 0.5) is 5.69 Å². The Morgan fingerprint density at radius 1 is 1.41 bits per heavy atom. The minimum Gasteiger partial charge on any atom is -0.359 e. The molecule has 1 aromatic rings. The smallest absolute Gasteiger partial charge is 0.0384 e. The predicted molar refractivity (Wildman–Crippen MR) is 75.2 cm³/mol. The molecule has 0 spiro atoms. The molecule has 1 aliphatic rings. The van der Waals surface area contributed by atoms with Crippen molar-refractivity contribution in [1.29, 1.82) is 0 Å². The van der Waals surface area contributed by atoms with Crippen LogP contribution in [-0.4, -0.2) is 0 Å². The highest BCUT2D eigenvalue weighted by Crippen LogP contribution is 2.57. The highest BCUT2D eigenvalue weighted by Gasteiger charge is 2.49. The summed E-state index contributed by atoms with van der Waals surface area (Å²) in [6, 6.07) is 6.50. The number of aryl methyl sites for hydroxylation is 2. The van der Waals surface area contributed by atoms with E-state index in [4.69, 9.17) is 0 Å². The van der Waals surface area contributed by atoms with E-state index in [1.807, 2.05) is 0 Å². The van der Waals surface area contributed by atoms with Gasteiger partial charge in [0.2, 0.25) is 0 Å². The standard InChI is InChI=1S/C16H23N/c1-6-16(5)10-15(16)13(4)17-14-8-7-11(2)12(3)9-14/h7-9,15,17H,4,6,10H2,1-3,5H3. The zero-order valence-electron chi connectivity index (χ0n) is 11.4. The quantitative estimate of drug-likeness (QED) is 0.791. The van der Waals surface area contributed by atoms with Gasteiger partial charge in [0.25, 0.3) is 0 Å². The average molecular weight is 229 g/mol. The first-order valence-electron chi connectivity index (χ1n) is 6.49. The third-order valence-electron chi connectivity index (χ3n) is 4.39. The molecule has 2 rings (SSSR count). The van der Waals surface area contributed by atoms with Crippen molar-refractivity contribution in [3.05, 3.63) is 41.6 Å². The van der Waals surface area contributed by atoms with Gasteiger partial charge in [-0.15, -0.1) is 0 Å². The SMILES string of the molecule is C=C(Nc1ccc(C)c(C)c1)C1CC1(C)CC. The fourth-order valence-electron chi connectivity index (χ4n) is 2.43. The van der Waals surface area contributed by atoms with Crippen molar-refractivity contribution < 1.29 is 0 Å². The maximum atomic E-state index is 4.20. The molecule has 0 aliphatic heterocycles. The first-order chi connectivity index (χ1) is 7.96. The van der Waals surface area contributed by atoms with Crippen LogP contribution in [0, 0.1) is 25.2 Å². The second-order valence-corrected chi connectivity index (χ2v) is 5.71. The van der Waals surface area contributed by atoms with Crippen molar-refractivity contribution >= 4 is 5.69 Å². The summed E-state index contributed by atoms with van der Waals surface area (Å²) in [7, 11) is 0. The highest BCUT2D eigenvalue weighted by molar-refractivity contribution is 5.52. The van der Waals surface area contributed by atoms with E-state index in [2.05, 4.69) is 57.8 Å². The fraction of sp³-hybridized carbons (Fsp3) is 0.500. The van der Waals surface area contributed by atoms with E-state index in [0.717, 1.165) is 0 Å². The summed E-state index contributed by atoms with van der Waals surface area (Å²) in [5.74, 6) is 0.647. The summed E-state index contributed by atoms with van der Waals surface area (Å²) >= 11 is 0. The average Bonchev–Trinajstić information content (AvgIpc) is 2.97. The summed E-state index contributed by atoms with van der Waals surface area (Å²) < 4.78 is 0. The number of anilines is 1. The largest absolute Gasteiger partial charge is 0.359 e. The van der Waals surface area contributed by atoms with Crippen molar-refractivity contribution in [3.63, 3.8) is 0 Å². The summed E-state index contributed by atoms with van der Waals surface area (Å²) in [4.78, 5) is 0. The molecular weight excluding hydrogens is 206 g/mol. The molecule has 0 saturated heterocycles. The van der Waals surface area contributed by atoms with Gasteiger partial charge in [0.15, 0.2) is 0 Å². The van der Waals surface area contributed by atoms with E-state index < -0.39 is 0 Å². The van der Waals surface area contributed by atoms with Gasteiger partial charge in [0.1, 0.15) is 0 Å². The number of nitrogens with one attached hydrogen (secondary N) is 1. The molecule has 0 radical (unpaired) electrons. The van der Waals surface area contributed by atoms with Crippen LogP contribution in [0.3, 0.4) is 0 Å². The monoisotopic (exact) mass is 229 g/mol. The van der Waals surface area contributed by atoms with Crippen LogP contribution in [0.2, 0.25) is 0 Å². The Balaban J connectivity index is 2.02. The molecule has 1 fully saturated rings. The lowest BCUT2D eigenvalue weighted by atomic mass is 10.0. The molecule has 1 aliphatic carbocycles. The summed E-state index contributed by atoms with van der Waals surface area (Å²) in [6.07, 6.45) is 2.52. The summed E-state index contributed by atoms with van der Waals surface area (Å²) in [5.41, 5.74) is 5.51. The first-order valence-corrected chi connectivity index (χ1v) is 6.49. The number of rotatable bonds is 4. The van der Waals surface area contributed by atoms with Crippen LogP contribution in [0.15, 0.2) is 30.5 Å². The van der Waals surface area contributed by atoms with Crippen molar-refractivity contribution in [1.82, 2.24) is 0 Å². The van der Waals surface area contributed by atoms with E-state index in [0.29, 0.717) is 11.3 Å². The van der Waals surface area contributed by atoms with Crippen LogP contribution in [0.5, 0.6) is 0 Å². The Bertz CT molecular complexity index is 447. The van der Waals surface area contributed by atoms with Gasteiger partial charge in [-0.05, 0) is 48.9 Å². The lowest BCUT2D eigenvalue weighted by Crippen LogP contribution is -2.05.